The van der Waals surface area contributed by atoms with E-state index in [1.807, 2.05) is 31.2 Å². The van der Waals surface area contributed by atoms with E-state index in [1.54, 1.807) is 0 Å². The number of ether oxygens (including phenoxy) is 1. The molecule has 0 saturated heterocycles. The highest BCUT2D eigenvalue weighted by Gasteiger charge is 2.22. The summed E-state index contributed by atoms with van der Waals surface area (Å²) in [5, 5.41) is 3.74. The van der Waals surface area contributed by atoms with Gasteiger partial charge in [0, 0.05) is 24.0 Å². The Hall–Kier alpha value is -3.12. The summed E-state index contributed by atoms with van der Waals surface area (Å²) in [7, 11) is 1.33. The number of hydrogen-bond donors (Lipinski definition) is 2. The molecule has 1 amide bonds. The first kappa shape index (κ1) is 18.3. The lowest BCUT2D eigenvalue weighted by molar-refractivity contribution is -0.117. The second-order valence-electron chi connectivity index (χ2n) is 7.19. The standard InChI is InChI=1S/C22H23N3O3/c1-14-7-8-18-17(11-14)20(21(23-18)22(27)28-2)24-19(26)13-25-10-9-15-5-3-4-6-16(15)12-25/h3-8,11,23H,9-10,12-13H2,1-2H3,(H,24,26). The van der Waals surface area contributed by atoms with E-state index in [9.17, 15) is 9.59 Å². The van der Waals surface area contributed by atoms with Crippen molar-refractivity contribution < 1.29 is 14.3 Å². The predicted molar refractivity (Wildman–Crippen MR) is 108 cm³/mol. The van der Waals surface area contributed by atoms with Crippen molar-refractivity contribution in [1.29, 1.82) is 0 Å². The quantitative estimate of drug-likeness (QED) is 0.685. The molecule has 0 unspecified atom stereocenters. The minimum absolute atomic E-state index is 0.146. The Morgan fingerprint density at radius 2 is 1.96 bits per heavy atom. The maximum absolute atomic E-state index is 12.8. The minimum Gasteiger partial charge on any atom is -0.464 e. The summed E-state index contributed by atoms with van der Waals surface area (Å²) in [6.45, 7) is 3.83. The van der Waals surface area contributed by atoms with Crippen LogP contribution < -0.4 is 5.32 Å². The summed E-state index contributed by atoms with van der Waals surface area (Å²) < 4.78 is 4.88. The zero-order chi connectivity index (χ0) is 19.7. The van der Waals surface area contributed by atoms with Gasteiger partial charge in [0.15, 0.2) is 0 Å². The lowest BCUT2D eigenvalue weighted by atomic mass is 10.00. The lowest BCUT2D eigenvalue weighted by Crippen LogP contribution is -2.37. The largest absolute Gasteiger partial charge is 0.464 e. The summed E-state index contributed by atoms with van der Waals surface area (Å²) in [6.07, 6.45) is 0.934. The van der Waals surface area contributed by atoms with Gasteiger partial charge in [-0.25, -0.2) is 4.79 Å². The van der Waals surface area contributed by atoms with Crippen LogP contribution >= 0.6 is 0 Å². The van der Waals surface area contributed by atoms with Gasteiger partial charge in [-0.2, -0.15) is 0 Å². The number of aromatic nitrogens is 1. The van der Waals surface area contributed by atoms with Crippen LogP contribution in [0.4, 0.5) is 5.69 Å². The van der Waals surface area contributed by atoms with Gasteiger partial charge < -0.3 is 15.0 Å². The number of esters is 1. The van der Waals surface area contributed by atoms with Crippen LogP contribution in [0.2, 0.25) is 0 Å². The van der Waals surface area contributed by atoms with Gasteiger partial charge in [-0.15, -0.1) is 0 Å². The average Bonchev–Trinajstić information content (AvgIpc) is 3.04. The Morgan fingerprint density at radius 1 is 1.18 bits per heavy atom. The van der Waals surface area contributed by atoms with Crippen LogP contribution in [0, 0.1) is 6.92 Å². The van der Waals surface area contributed by atoms with E-state index < -0.39 is 5.97 Å². The van der Waals surface area contributed by atoms with Crippen LogP contribution in [0.3, 0.4) is 0 Å². The Morgan fingerprint density at radius 3 is 2.75 bits per heavy atom. The molecule has 0 fully saturated rings. The molecule has 6 nitrogen and oxygen atoms in total. The molecule has 2 N–H and O–H groups in total. The van der Waals surface area contributed by atoms with E-state index in [4.69, 9.17) is 4.74 Å². The summed E-state index contributed by atoms with van der Waals surface area (Å²) in [5.74, 6) is -0.650. The van der Waals surface area contributed by atoms with Gasteiger partial charge in [0.05, 0.1) is 19.3 Å². The molecule has 1 aliphatic heterocycles. The highest BCUT2D eigenvalue weighted by atomic mass is 16.5. The fourth-order valence-corrected chi connectivity index (χ4v) is 3.76. The number of benzene rings is 2. The molecule has 0 bridgehead atoms. The number of nitrogens with one attached hydrogen (secondary N) is 2. The normalized spacial score (nSPS) is 13.9. The molecular weight excluding hydrogens is 354 g/mol. The topological polar surface area (TPSA) is 74.4 Å². The molecule has 2 heterocycles. The van der Waals surface area contributed by atoms with Gasteiger partial charge in [-0.1, -0.05) is 35.9 Å². The van der Waals surface area contributed by atoms with Crippen molar-refractivity contribution in [2.24, 2.45) is 0 Å². The van der Waals surface area contributed by atoms with E-state index in [0.717, 1.165) is 36.0 Å². The number of amides is 1. The van der Waals surface area contributed by atoms with Crippen molar-refractivity contribution in [1.82, 2.24) is 9.88 Å². The molecule has 1 aromatic heterocycles. The van der Waals surface area contributed by atoms with Gasteiger partial charge in [-0.3, -0.25) is 9.69 Å². The monoisotopic (exact) mass is 377 g/mol. The maximum atomic E-state index is 12.8. The fraction of sp³-hybridized carbons (Fsp3) is 0.273. The van der Waals surface area contributed by atoms with Gasteiger partial charge in [0.2, 0.25) is 5.91 Å². The van der Waals surface area contributed by atoms with Crippen molar-refractivity contribution in [2.45, 2.75) is 19.9 Å². The molecule has 0 aliphatic carbocycles. The second-order valence-corrected chi connectivity index (χ2v) is 7.19. The number of carbonyl (C=O) groups excluding carboxylic acids is 2. The molecule has 144 valence electrons. The van der Waals surface area contributed by atoms with Gasteiger partial charge in [0.1, 0.15) is 5.69 Å². The lowest BCUT2D eigenvalue weighted by Gasteiger charge is -2.28. The van der Waals surface area contributed by atoms with E-state index in [1.165, 1.54) is 18.2 Å². The smallest absolute Gasteiger partial charge is 0.356 e. The molecule has 4 rings (SSSR count). The number of aryl methyl sites for hydroxylation is 1. The van der Waals surface area contributed by atoms with Crippen LogP contribution in [-0.2, 0) is 22.5 Å². The first-order chi connectivity index (χ1) is 13.5. The number of aromatic amines is 1. The van der Waals surface area contributed by atoms with Crippen molar-refractivity contribution in [2.75, 3.05) is 25.5 Å². The van der Waals surface area contributed by atoms with E-state index in [0.29, 0.717) is 5.69 Å². The molecule has 28 heavy (non-hydrogen) atoms. The number of methoxy groups -OCH3 is 1. The molecule has 2 aromatic carbocycles. The average molecular weight is 377 g/mol. The van der Waals surface area contributed by atoms with Crippen molar-refractivity contribution in [3.63, 3.8) is 0 Å². The molecule has 0 radical (unpaired) electrons. The highest BCUT2D eigenvalue weighted by Crippen LogP contribution is 2.29. The highest BCUT2D eigenvalue weighted by molar-refractivity contribution is 6.11. The third-order valence-electron chi connectivity index (χ3n) is 5.18. The summed E-state index contributed by atoms with van der Waals surface area (Å²) in [4.78, 5) is 30.1. The van der Waals surface area contributed by atoms with E-state index in [2.05, 4.69) is 33.4 Å². The van der Waals surface area contributed by atoms with Crippen molar-refractivity contribution in [3.05, 3.63) is 64.8 Å². The first-order valence-corrected chi connectivity index (χ1v) is 9.35. The maximum Gasteiger partial charge on any atom is 0.356 e. The molecule has 0 spiro atoms. The first-order valence-electron chi connectivity index (χ1n) is 9.35. The number of nitrogens with zero attached hydrogens (tertiary/aromatic N) is 1. The van der Waals surface area contributed by atoms with Crippen LogP contribution in [0.25, 0.3) is 10.9 Å². The van der Waals surface area contributed by atoms with Crippen LogP contribution in [0.1, 0.15) is 27.2 Å². The van der Waals surface area contributed by atoms with Gasteiger partial charge >= 0.3 is 5.97 Å². The third kappa shape index (κ3) is 3.51. The SMILES string of the molecule is COC(=O)c1[nH]c2ccc(C)cc2c1NC(=O)CN1CCc2ccccc2C1. The number of anilines is 1. The second kappa shape index (κ2) is 7.48. The molecule has 6 heteroatoms. The van der Waals surface area contributed by atoms with Gasteiger partial charge in [0.25, 0.3) is 0 Å². The number of H-pyrrole nitrogens is 1. The minimum atomic E-state index is -0.504. The van der Waals surface area contributed by atoms with Crippen LogP contribution in [0.15, 0.2) is 42.5 Å². The Bertz CT molecular complexity index is 1050. The molecule has 0 atom stereocenters. The number of carbonyl (C=O) groups is 2. The zero-order valence-corrected chi connectivity index (χ0v) is 16.0. The predicted octanol–water partition coefficient (Wildman–Crippen LogP) is 3.26. The zero-order valence-electron chi connectivity index (χ0n) is 16.0. The Labute approximate surface area is 163 Å². The van der Waals surface area contributed by atoms with Crippen molar-refractivity contribution in [3.8, 4) is 0 Å². The summed E-state index contributed by atoms with van der Waals surface area (Å²) >= 11 is 0. The van der Waals surface area contributed by atoms with Crippen LogP contribution in [0.5, 0.6) is 0 Å². The van der Waals surface area contributed by atoms with Crippen molar-refractivity contribution >= 4 is 28.5 Å². The van der Waals surface area contributed by atoms with Crippen LogP contribution in [-0.4, -0.2) is 42.0 Å². The fourth-order valence-electron chi connectivity index (χ4n) is 3.76. The molecule has 1 aliphatic rings. The summed E-state index contributed by atoms with van der Waals surface area (Å²) in [6, 6.07) is 14.1. The Balaban J connectivity index is 1.55. The summed E-state index contributed by atoms with van der Waals surface area (Å²) in [5.41, 5.74) is 5.19. The Kier molecular flexibility index (Phi) is 4.88. The van der Waals surface area contributed by atoms with E-state index >= 15 is 0 Å². The number of fused-ring (bicyclic) bond motifs is 2. The molecule has 0 saturated carbocycles. The number of rotatable bonds is 4. The van der Waals surface area contributed by atoms with Gasteiger partial charge in [-0.05, 0) is 36.6 Å². The molecule has 3 aromatic rings. The van der Waals surface area contributed by atoms with E-state index in [-0.39, 0.29) is 18.1 Å². The molecular formula is C22H23N3O3. The third-order valence-corrected chi connectivity index (χ3v) is 5.18. The number of hydrogen-bond acceptors (Lipinski definition) is 4.